The highest BCUT2D eigenvalue weighted by atomic mass is 35.5. The largest absolute Gasteiger partial charge is 0.378 e. The molecule has 0 radical (unpaired) electrons. The number of hydrogen-bond acceptors (Lipinski definition) is 4. The van der Waals surface area contributed by atoms with Gasteiger partial charge in [-0.2, -0.15) is 0 Å². The summed E-state index contributed by atoms with van der Waals surface area (Å²) in [5, 5.41) is 7.16. The van der Waals surface area contributed by atoms with Crippen LogP contribution in [0, 0.1) is 5.92 Å². The highest BCUT2D eigenvalue weighted by Gasteiger charge is 2.23. The van der Waals surface area contributed by atoms with Crippen LogP contribution in [0.4, 0.5) is 11.4 Å². The normalized spacial score (nSPS) is 24.0. The van der Waals surface area contributed by atoms with Crippen LogP contribution in [-0.2, 0) is 9.53 Å². The second-order valence-electron chi connectivity index (χ2n) is 7.02. The molecule has 0 bridgehead atoms. The quantitative estimate of drug-likeness (QED) is 0.840. The number of hydrogen-bond donors (Lipinski definition) is 2. The van der Waals surface area contributed by atoms with E-state index in [9.17, 15) is 4.79 Å². The van der Waals surface area contributed by atoms with Crippen LogP contribution in [0.2, 0.25) is 5.02 Å². The van der Waals surface area contributed by atoms with Crippen molar-refractivity contribution in [2.24, 2.45) is 5.92 Å². The van der Waals surface area contributed by atoms with Gasteiger partial charge in [0, 0.05) is 19.1 Å². The van der Waals surface area contributed by atoms with Crippen LogP contribution in [0.5, 0.6) is 0 Å². The lowest BCUT2D eigenvalue weighted by Crippen LogP contribution is -2.43. The molecule has 2 fully saturated rings. The zero-order chi connectivity index (χ0) is 17.6. The second kappa shape index (κ2) is 8.77. The maximum absolute atomic E-state index is 12.4. The van der Waals surface area contributed by atoms with E-state index in [1.165, 1.54) is 19.3 Å². The summed E-state index contributed by atoms with van der Waals surface area (Å²) < 4.78 is 5.42. The van der Waals surface area contributed by atoms with Crippen molar-refractivity contribution >= 4 is 28.9 Å². The monoisotopic (exact) mass is 365 g/mol. The van der Waals surface area contributed by atoms with Gasteiger partial charge in [0.15, 0.2) is 0 Å². The predicted molar refractivity (Wildman–Crippen MR) is 103 cm³/mol. The fourth-order valence-electron chi connectivity index (χ4n) is 3.73. The number of rotatable bonds is 5. The summed E-state index contributed by atoms with van der Waals surface area (Å²) in [5.74, 6) is 0.611. The Morgan fingerprint density at radius 1 is 1.28 bits per heavy atom. The fourth-order valence-corrected chi connectivity index (χ4v) is 4.02. The van der Waals surface area contributed by atoms with Crippen molar-refractivity contribution in [2.45, 2.75) is 38.6 Å². The highest BCUT2D eigenvalue weighted by molar-refractivity contribution is 6.34. The van der Waals surface area contributed by atoms with E-state index in [1.807, 2.05) is 18.2 Å². The molecule has 1 heterocycles. The Morgan fingerprint density at radius 2 is 2.04 bits per heavy atom. The summed E-state index contributed by atoms with van der Waals surface area (Å²) in [4.78, 5) is 14.6. The lowest BCUT2D eigenvalue weighted by molar-refractivity contribution is -0.120. The Labute approximate surface area is 155 Å². The third-order valence-corrected chi connectivity index (χ3v) is 5.52. The van der Waals surface area contributed by atoms with Crippen LogP contribution in [0.15, 0.2) is 18.2 Å². The molecule has 1 amide bonds. The molecule has 1 saturated carbocycles. The number of nitrogens with one attached hydrogen (secondary N) is 2. The minimum atomic E-state index is 0.0478. The summed E-state index contributed by atoms with van der Waals surface area (Å²) in [6.07, 6.45) is 4.77. The van der Waals surface area contributed by atoms with Gasteiger partial charge in [-0.15, -0.1) is 0 Å². The standard InChI is InChI=1S/C19H28ClN3O2/c1-14-5-2-3-7-16(14)22-18(24)13-21-17-8-4-6-15(20)19(17)23-9-11-25-12-10-23/h4,6,8,14,16,21H,2-3,5,7,9-13H2,1H3,(H,22,24)/t14-,16-/m0/s1. The summed E-state index contributed by atoms with van der Waals surface area (Å²) in [6.45, 7) is 5.51. The number of anilines is 2. The van der Waals surface area contributed by atoms with Gasteiger partial charge >= 0.3 is 0 Å². The van der Waals surface area contributed by atoms with E-state index < -0.39 is 0 Å². The lowest BCUT2D eigenvalue weighted by Gasteiger charge is -2.32. The predicted octanol–water partition coefficient (Wildman–Crippen LogP) is 3.28. The van der Waals surface area contributed by atoms with Gasteiger partial charge in [-0.05, 0) is 30.9 Å². The van der Waals surface area contributed by atoms with Gasteiger partial charge in [0.05, 0.1) is 36.2 Å². The number of morpholine rings is 1. The van der Waals surface area contributed by atoms with E-state index in [0.717, 1.165) is 30.9 Å². The van der Waals surface area contributed by atoms with Gasteiger partial charge in [0.25, 0.3) is 0 Å². The molecular weight excluding hydrogens is 338 g/mol. The van der Waals surface area contributed by atoms with Gasteiger partial charge in [0.2, 0.25) is 5.91 Å². The molecule has 2 aliphatic rings. The number of halogens is 1. The van der Waals surface area contributed by atoms with Crippen molar-refractivity contribution in [3.63, 3.8) is 0 Å². The second-order valence-corrected chi connectivity index (χ2v) is 7.43. The van der Waals surface area contributed by atoms with Gasteiger partial charge in [-0.1, -0.05) is 37.4 Å². The number of carbonyl (C=O) groups is 1. The van der Waals surface area contributed by atoms with Gasteiger partial charge in [-0.25, -0.2) is 0 Å². The Balaban J connectivity index is 1.60. The van der Waals surface area contributed by atoms with Crippen molar-refractivity contribution in [2.75, 3.05) is 43.1 Å². The Kier molecular flexibility index (Phi) is 6.43. The molecule has 2 N–H and O–H groups in total. The first-order valence-corrected chi connectivity index (χ1v) is 9.67. The summed E-state index contributed by atoms with van der Waals surface area (Å²) >= 11 is 6.43. The summed E-state index contributed by atoms with van der Waals surface area (Å²) in [7, 11) is 0. The van der Waals surface area contributed by atoms with Crippen LogP contribution in [0.25, 0.3) is 0 Å². The van der Waals surface area contributed by atoms with Crippen molar-refractivity contribution in [1.82, 2.24) is 5.32 Å². The molecule has 2 atom stereocenters. The molecule has 1 aromatic carbocycles. The van der Waals surface area contributed by atoms with Crippen molar-refractivity contribution < 1.29 is 9.53 Å². The van der Waals surface area contributed by atoms with Gasteiger partial charge < -0.3 is 20.3 Å². The van der Waals surface area contributed by atoms with Crippen LogP contribution < -0.4 is 15.5 Å². The molecule has 0 spiro atoms. The zero-order valence-corrected chi connectivity index (χ0v) is 15.6. The number of nitrogens with zero attached hydrogens (tertiary/aromatic N) is 1. The van der Waals surface area contributed by atoms with Crippen molar-refractivity contribution in [1.29, 1.82) is 0 Å². The minimum absolute atomic E-state index is 0.0478. The van der Waals surface area contributed by atoms with Crippen LogP contribution in [-0.4, -0.2) is 44.8 Å². The SMILES string of the molecule is C[C@H]1CCCC[C@@H]1NC(=O)CNc1cccc(Cl)c1N1CCOCC1. The van der Waals surface area contributed by atoms with Gasteiger partial charge in [-0.3, -0.25) is 4.79 Å². The molecular formula is C19H28ClN3O2. The van der Waals surface area contributed by atoms with Crippen LogP contribution in [0.3, 0.4) is 0 Å². The van der Waals surface area contributed by atoms with E-state index in [1.54, 1.807) is 0 Å². The molecule has 25 heavy (non-hydrogen) atoms. The molecule has 1 aliphatic carbocycles. The smallest absolute Gasteiger partial charge is 0.239 e. The number of carbonyl (C=O) groups excluding carboxylic acids is 1. The van der Waals surface area contributed by atoms with E-state index in [0.29, 0.717) is 30.2 Å². The molecule has 5 nitrogen and oxygen atoms in total. The van der Waals surface area contributed by atoms with Crippen LogP contribution in [0.1, 0.15) is 32.6 Å². The summed E-state index contributed by atoms with van der Waals surface area (Å²) in [5.41, 5.74) is 1.87. The molecule has 1 saturated heterocycles. The van der Waals surface area contributed by atoms with Crippen LogP contribution >= 0.6 is 11.6 Å². The Bertz CT molecular complexity index is 590. The number of benzene rings is 1. The molecule has 3 rings (SSSR count). The highest BCUT2D eigenvalue weighted by Crippen LogP contribution is 2.34. The maximum atomic E-state index is 12.4. The van der Waals surface area contributed by atoms with Crippen molar-refractivity contribution in [3.8, 4) is 0 Å². The van der Waals surface area contributed by atoms with E-state index in [4.69, 9.17) is 16.3 Å². The molecule has 0 aromatic heterocycles. The first-order valence-electron chi connectivity index (χ1n) is 9.29. The number of amides is 1. The number of para-hydroxylation sites is 1. The Morgan fingerprint density at radius 3 is 2.80 bits per heavy atom. The molecule has 138 valence electrons. The molecule has 0 unspecified atom stereocenters. The van der Waals surface area contributed by atoms with E-state index in [-0.39, 0.29) is 12.5 Å². The van der Waals surface area contributed by atoms with Gasteiger partial charge in [0.1, 0.15) is 0 Å². The first kappa shape index (κ1) is 18.3. The fraction of sp³-hybridized carbons (Fsp3) is 0.632. The zero-order valence-electron chi connectivity index (χ0n) is 14.9. The molecule has 6 heteroatoms. The molecule has 1 aromatic rings. The molecule has 1 aliphatic heterocycles. The Hall–Kier alpha value is -1.46. The lowest BCUT2D eigenvalue weighted by atomic mass is 9.86. The average Bonchev–Trinajstić information content (AvgIpc) is 2.63. The first-order chi connectivity index (χ1) is 12.1. The van der Waals surface area contributed by atoms with E-state index >= 15 is 0 Å². The maximum Gasteiger partial charge on any atom is 0.239 e. The topological polar surface area (TPSA) is 53.6 Å². The third-order valence-electron chi connectivity index (χ3n) is 5.21. The minimum Gasteiger partial charge on any atom is -0.378 e. The third kappa shape index (κ3) is 4.79. The number of ether oxygens (including phenoxy) is 1. The summed E-state index contributed by atoms with van der Waals surface area (Å²) in [6, 6.07) is 6.09. The average molecular weight is 366 g/mol. The van der Waals surface area contributed by atoms with Crippen molar-refractivity contribution in [3.05, 3.63) is 23.2 Å². The van der Waals surface area contributed by atoms with E-state index in [2.05, 4.69) is 22.5 Å².